The van der Waals surface area contributed by atoms with E-state index in [9.17, 15) is 39.3 Å². The molecule has 0 amide bonds. The van der Waals surface area contributed by atoms with Gasteiger partial charge < -0.3 is 15.3 Å². The summed E-state index contributed by atoms with van der Waals surface area (Å²) in [5.74, 6) is -11.0. The van der Waals surface area contributed by atoms with Crippen molar-refractivity contribution in [3.05, 3.63) is 28.3 Å². The molecule has 0 spiro atoms. The Morgan fingerprint density at radius 3 is 2.11 bits per heavy atom. The third-order valence-corrected chi connectivity index (χ3v) is 9.86. The number of Topliss-reactive ketones (excluding diaryl/α,β-unsaturated/α-hetero) is 5. The molecule has 36 heavy (non-hydrogen) atoms. The Balaban J connectivity index is 2.09. The van der Waals surface area contributed by atoms with Crippen LogP contribution in [-0.4, -0.2) is 55.9 Å². The molecule has 4 rings (SSSR count). The molecule has 0 aliphatic heterocycles. The molecular formula is C28H34O8. The molecular weight excluding hydrogens is 464 g/mol. The second-order valence-electron chi connectivity index (χ2n) is 11.8. The van der Waals surface area contributed by atoms with Gasteiger partial charge in [-0.05, 0) is 49.3 Å². The van der Waals surface area contributed by atoms with E-state index in [-0.39, 0.29) is 11.3 Å². The van der Waals surface area contributed by atoms with E-state index in [1.54, 1.807) is 47.6 Å². The number of aliphatic hydroxyl groups excluding tert-OH is 1. The molecule has 8 atom stereocenters. The van der Waals surface area contributed by atoms with Crippen LogP contribution in [0.2, 0.25) is 0 Å². The highest BCUT2D eigenvalue weighted by Crippen LogP contribution is 2.66. The van der Waals surface area contributed by atoms with Crippen LogP contribution in [0.25, 0.3) is 0 Å². The zero-order valence-corrected chi connectivity index (χ0v) is 21.9. The average molecular weight is 499 g/mol. The van der Waals surface area contributed by atoms with Gasteiger partial charge >= 0.3 is 0 Å². The molecule has 1 aromatic carbocycles. The van der Waals surface area contributed by atoms with E-state index >= 15 is 0 Å². The predicted molar refractivity (Wildman–Crippen MR) is 129 cm³/mol. The standard InChI is InChI=1S/C28H34O8/c1-10(2)18-21(31)16(14(6)29)23(33)28(36)24(34)19-22(32)17-15(9-11(3)12(4)20(17)30)13(5)26(19,7)25(35)27(18,28)8/h9-10,13,16,18-19,25,30,35-36H,1-8H3/t13-,16?,18?,19?,25-,26+,27+,28+/m1/s1. The summed E-state index contributed by atoms with van der Waals surface area (Å²) in [6.07, 6.45) is -1.65. The van der Waals surface area contributed by atoms with Crippen LogP contribution in [0.15, 0.2) is 6.07 Å². The predicted octanol–water partition coefficient (Wildman–Crippen LogP) is 2.24. The highest BCUT2D eigenvalue weighted by atomic mass is 16.3. The van der Waals surface area contributed by atoms with Crippen LogP contribution < -0.4 is 0 Å². The maximum Gasteiger partial charge on any atom is 0.191 e. The van der Waals surface area contributed by atoms with E-state index in [0.29, 0.717) is 11.1 Å². The largest absolute Gasteiger partial charge is 0.507 e. The molecule has 3 aliphatic carbocycles. The van der Waals surface area contributed by atoms with Crippen molar-refractivity contribution >= 4 is 28.9 Å². The van der Waals surface area contributed by atoms with Crippen LogP contribution in [0.3, 0.4) is 0 Å². The lowest BCUT2D eigenvalue weighted by atomic mass is 9.37. The fourth-order valence-corrected chi connectivity index (χ4v) is 7.65. The number of aryl methyl sites for hydroxylation is 1. The van der Waals surface area contributed by atoms with Gasteiger partial charge in [0.2, 0.25) is 0 Å². The second kappa shape index (κ2) is 7.65. The minimum absolute atomic E-state index is 0.0660. The van der Waals surface area contributed by atoms with Crippen molar-refractivity contribution in [2.24, 2.45) is 34.5 Å². The van der Waals surface area contributed by atoms with Gasteiger partial charge in [0.05, 0.1) is 17.6 Å². The Morgan fingerprint density at radius 1 is 1.06 bits per heavy atom. The van der Waals surface area contributed by atoms with E-state index in [2.05, 4.69) is 0 Å². The van der Waals surface area contributed by atoms with Gasteiger partial charge in [0.1, 0.15) is 17.5 Å². The zero-order chi connectivity index (χ0) is 27.4. The average Bonchev–Trinajstić information content (AvgIpc) is 2.77. The fourth-order valence-electron chi connectivity index (χ4n) is 7.65. The Hall–Kier alpha value is -2.71. The summed E-state index contributed by atoms with van der Waals surface area (Å²) in [5, 5.41) is 35.0. The van der Waals surface area contributed by atoms with Gasteiger partial charge in [-0.1, -0.05) is 40.7 Å². The Labute approximate surface area is 210 Å². The number of rotatable bonds is 2. The molecule has 0 aromatic heterocycles. The number of carbonyl (C=O) groups excluding carboxylic acids is 5. The summed E-state index contributed by atoms with van der Waals surface area (Å²) in [7, 11) is 0. The fraction of sp³-hybridized carbons (Fsp3) is 0.607. The molecule has 1 aromatic rings. The highest BCUT2D eigenvalue weighted by Gasteiger charge is 2.80. The molecule has 2 saturated carbocycles. The zero-order valence-electron chi connectivity index (χ0n) is 21.9. The summed E-state index contributed by atoms with van der Waals surface area (Å²) >= 11 is 0. The first-order chi connectivity index (χ1) is 16.4. The van der Waals surface area contributed by atoms with Crippen molar-refractivity contribution in [3.63, 3.8) is 0 Å². The summed E-state index contributed by atoms with van der Waals surface area (Å²) < 4.78 is 0. The lowest BCUT2D eigenvalue weighted by molar-refractivity contribution is -0.240. The number of ketones is 5. The molecule has 2 fully saturated rings. The number of aliphatic hydroxyl groups is 2. The van der Waals surface area contributed by atoms with E-state index in [0.717, 1.165) is 12.5 Å². The van der Waals surface area contributed by atoms with Gasteiger partial charge in [-0.2, -0.15) is 0 Å². The number of aromatic hydroxyl groups is 1. The highest BCUT2D eigenvalue weighted by molar-refractivity contribution is 6.33. The Kier molecular flexibility index (Phi) is 5.60. The monoisotopic (exact) mass is 498 g/mol. The Bertz CT molecular complexity index is 1260. The van der Waals surface area contributed by atoms with E-state index in [1.165, 1.54) is 6.92 Å². The summed E-state index contributed by atoms with van der Waals surface area (Å²) in [5.41, 5.74) is -4.87. The number of carbonyl (C=O) groups is 5. The normalized spacial score (nSPS) is 40.1. The first-order valence-electron chi connectivity index (χ1n) is 12.3. The van der Waals surface area contributed by atoms with Crippen LogP contribution >= 0.6 is 0 Å². The molecule has 3 aliphatic rings. The Morgan fingerprint density at radius 2 is 1.61 bits per heavy atom. The molecule has 8 heteroatoms. The molecule has 8 nitrogen and oxygen atoms in total. The minimum atomic E-state index is -2.95. The maximum absolute atomic E-state index is 14.2. The van der Waals surface area contributed by atoms with Crippen molar-refractivity contribution < 1.29 is 39.3 Å². The van der Waals surface area contributed by atoms with Crippen molar-refractivity contribution in [1.29, 1.82) is 0 Å². The first kappa shape index (κ1) is 26.4. The van der Waals surface area contributed by atoms with E-state index < -0.39 is 81.0 Å². The van der Waals surface area contributed by atoms with Gasteiger partial charge in [0.15, 0.2) is 28.7 Å². The summed E-state index contributed by atoms with van der Waals surface area (Å²) in [6.45, 7) is 12.4. The van der Waals surface area contributed by atoms with Crippen LogP contribution in [0.1, 0.15) is 74.5 Å². The number of phenolic OH excluding ortho intramolecular Hbond substituents is 1. The van der Waals surface area contributed by atoms with Crippen molar-refractivity contribution in [2.45, 2.75) is 73.0 Å². The van der Waals surface area contributed by atoms with Crippen LogP contribution in [0, 0.1) is 48.3 Å². The quantitative estimate of drug-likeness (QED) is 0.526. The first-order valence-corrected chi connectivity index (χ1v) is 12.3. The molecule has 0 saturated heterocycles. The molecule has 0 heterocycles. The third-order valence-electron chi connectivity index (χ3n) is 9.86. The smallest absolute Gasteiger partial charge is 0.191 e. The second-order valence-corrected chi connectivity index (χ2v) is 11.8. The number of fused-ring (bicyclic) bond motifs is 3. The van der Waals surface area contributed by atoms with E-state index in [1.807, 2.05) is 0 Å². The van der Waals surface area contributed by atoms with E-state index in [4.69, 9.17) is 0 Å². The molecule has 0 radical (unpaired) electrons. The summed E-state index contributed by atoms with van der Waals surface area (Å²) in [6, 6.07) is 1.75. The lowest BCUT2D eigenvalue weighted by Gasteiger charge is -2.65. The van der Waals surface area contributed by atoms with Crippen LogP contribution in [0.5, 0.6) is 5.75 Å². The molecule has 3 unspecified atom stereocenters. The van der Waals surface area contributed by atoms with Gasteiger partial charge in [-0.3, -0.25) is 24.0 Å². The van der Waals surface area contributed by atoms with Gasteiger partial charge in [0, 0.05) is 16.7 Å². The maximum atomic E-state index is 14.2. The summed E-state index contributed by atoms with van der Waals surface area (Å²) in [4.78, 5) is 67.8. The van der Waals surface area contributed by atoms with Crippen molar-refractivity contribution in [2.75, 3.05) is 0 Å². The van der Waals surface area contributed by atoms with Crippen LogP contribution in [-0.2, 0) is 19.2 Å². The number of phenols is 1. The SMILES string of the molecule is CC(=O)C1C(=O)C(C(C)C)[C@@]2(C)[C@H](O)[C@]3(C)C(C(=O)c4c(cc(C)c(C)c4O)[C@H]3C)C(=O)[C@@]2(O)C1=O. The number of hydrogen-bond donors (Lipinski definition) is 3. The van der Waals surface area contributed by atoms with Gasteiger partial charge in [0.25, 0.3) is 0 Å². The topological polar surface area (TPSA) is 146 Å². The third kappa shape index (κ3) is 2.64. The van der Waals surface area contributed by atoms with Crippen LogP contribution in [0.4, 0.5) is 0 Å². The molecule has 194 valence electrons. The number of hydrogen-bond acceptors (Lipinski definition) is 8. The molecule has 3 N–H and O–H groups in total. The molecule has 0 bridgehead atoms. The lowest BCUT2D eigenvalue weighted by Crippen LogP contribution is -2.81. The van der Waals surface area contributed by atoms with Gasteiger partial charge in [-0.15, -0.1) is 0 Å². The van der Waals surface area contributed by atoms with Crippen molar-refractivity contribution in [1.82, 2.24) is 0 Å². The number of benzene rings is 1. The van der Waals surface area contributed by atoms with Gasteiger partial charge in [-0.25, -0.2) is 0 Å². The van der Waals surface area contributed by atoms with Crippen molar-refractivity contribution in [3.8, 4) is 5.75 Å². The minimum Gasteiger partial charge on any atom is -0.507 e.